The molecule has 0 radical (unpaired) electrons. The van der Waals surface area contributed by atoms with E-state index in [1.807, 2.05) is 0 Å². The van der Waals surface area contributed by atoms with Gasteiger partial charge in [-0.2, -0.15) is 0 Å². The minimum absolute atomic E-state index is 0.114. The van der Waals surface area contributed by atoms with Gasteiger partial charge in [0.15, 0.2) is 0 Å². The molecule has 0 saturated heterocycles. The molecule has 3 nitrogen and oxygen atoms in total. The zero-order valence-corrected chi connectivity index (χ0v) is 30.2. The minimum Gasteiger partial charge on any atom is -0.340 e. The van der Waals surface area contributed by atoms with E-state index in [2.05, 4.69) is 222 Å². The first-order valence-electron chi connectivity index (χ1n) is 18.8. The van der Waals surface area contributed by atoms with Gasteiger partial charge in [0.25, 0.3) is 0 Å². The van der Waals surface area contributed by atoms with Crippen LogP contribution in [0.1, 0.15) is 22.7 Å². The Bertz CT molecular complexity index is 2800. The standard InChI is InChI=1S/C52H37N3/c1-4-14-36(15-5-1)42-32-43(34-44(33-42)52-53-48(40-16-6-2-7-17-40)35-49(54-52)41-18-8-3-9-19-41)39-26-24-37(25-27-39)38-28-30-45(31-29-38)55-50-22-12-10-20-46(50)47-21-11-13-23-51(47)55/h1-35,48H,(H,53,54). The Kier molecular flexibility index (Phi) is 8.23. The van der Waals surface area contributed by atoms with Crippen LogP contribution in [-0.4, -0.2) is 10.4 Å². The second kappa shape index (κ2) is 14.0. The van der Waals surface area contributed by atoms with Crippen molar-refractivity contribution in [3.8, 4) is 39.1 Å². The van der Waals surface area contributed by atoms with E-state index in [0.29, 0.717) is 0 Å². The maximum absolute atomic E-state index is 5.31. The van der Waals surface area contributed by atoms with Crippen molar-refractivity contribution < 1.29 is 0 Å². The number of aliphatic imine (C=N–C) groups is 1. The number of hydrogen-bond acceptors (Lipinski definition) is 2. The number of nitrogens with one attached hydrogen (secondary N) is 1. The van der Waals surface area contributed by atoms with Crippen LogP contribution in [0.4, 0.5) is 0 Å². The van der Waals surface area contributed by atoms with Crippen molar-refractivity contribution in [1.82, 2.24) is 9.88 Å². The fourth-order valence-corrected chi connectivity index (χ4v) is 7.88. The molecule has 10 rings (SSSR count). The summed E-state index contributed by atoms with van der Waals surface area (Å²) >= 11 is 0. The molecule has 0 fully saturated rings. The number of amidine groups is 1. The van der Waals surface area contributed by atoms with Crippen LogP contribution in [0, 0.1) is 0 Å². The molecule has 0 amide bonds. The van der Waals surface area contributed by atoms with Gasteiger partial charge in [0.05, 0.1) is 17.1 Å². The molecule has 0 aliphatic carbocycles. The van der Waals surface area contributed by atoms with E-state index in [9.17, 15) is 0 Å². The monoisotopic (exact) mass is 703 g/mol. The molecular weight excluding hydrogens is 667 g/mol. The molecule has 1 aliphatic rings. The molecule has 0 spiro atoms. The number of nitrogens with zero attached hydrogens (tertiary/aromatic N) is 2. The maximum Gasteiger partial charge on any atom is 0.133 e. The Morgan fingerprint density at radius 1 is 0.382 bits per heavy atom. The minimum atomic E-state index is -0.114. The van der Waals surface area contributed by atoms with Gasteiger partial charge in [-0.05, 0) is 93.0 Å². The molecule has 260 valence electrons. The SMILES string of the molecule is C1=C(c2ccccc2)NC(c2cc(-c3ccccc3)cc(-c3ccc(-c4ccc(-n5c6ccccc6c6ccccc65)cc4)cc3)c2)=NC1c1ccccc1. The first-order chi connectivity index (χ1) is 27.2. The van der Waals surface area contributed by atoms with Gasteiger partial charge < -0.3 is 9.88 Å². The van der Waals surface area contributed by atoms with Crippen LogP contribution in [0.2, 0.25) is 0 Å². The van der Waals surface area contributed by atoms with Crippen LogP contribution >= 0.6 is 0 Å². The first kappa shape index (κ1) is 32.4. The Hall–Kier alpha value is -7.23. The largest absolute Gasteiger partial charge is 0.340 e. The predicted molar refractivity (Wildman–Crippen MR) is 230 cm³/mol. The third kappa shape index (κ3) is 6.22. The van der Waals surface area contributed by atoms with Crippen LogP contribution in [0.25, 0.3) is 66.6 Å². The second-order valence-corrected chi connectivity index (χ2v) is 14.1. The van der Waals surface area contributed by atoms with Crippen molar-refractivity contribution in [3.05, 3.63) is 229 Å². The summed E-state index contributed by atoms with van der Waals surface area (Å²) in [5.74, 6) is 0.856. The van der Waals surface area contributed by atoms with E-state index in [-0.39, 0.29) is 6.04 Å². The van der Waals surface area contributed by atoms with Crippen LogP contribution in [0.15, 0.2) is 217 Å². The lowest BCUT2D eigenvalue weighted by Crippen LogP contribution is -2.27. The molecule has 9 aromatic rings. The summed E-state index contributed by atoms with van der Waals surface area (Å²) in [6, 6.07) is 73.5. The highest BCUT2D eigenvalue weighted by molar-refractivity contribution is 6.09. The van der Waals surface area contributed by atoms with Crippen molar-refractivity contribution in [1.29, 1.82) is 0 Å². The van der Waals surface area contributed by atoms with E-state index in [1.54, 1.807) is 0 Å². The Balaban J connectivity index is 1.01. The number of benzene rings is 8. The number of para-hydroxylation sites is 2. The number of aromatic nitrogens is 1. The fraction of sp³-hybridized carbons (Fsp3) is 0.0192. The molecule has 1 aromatic heterocycles. The molecule has 0 saturated carbocycles. The molecule has 0 bridgehead atoms. The smallest absolute Gasteiger partial charge is 0.133 e. The molecule has 1 N–H and O–H groups in total. The van der Waals surface area contributed by atoms with E-state index in [0.717, 1.165) is 50.6 Å². The molecule has 2 heterocycles. The second-order valence-electron chi connectivity index (χ2n) is 14.1. The first-order valence-corrected chi connectivity index (χ1v) is 18.8. The summed E-state index contributed by atoms with van der Waals surface area (Å²) in [5, 5.41) is 6.26. The summed E-state index contributed by atoms with van der Waals surface area (Å²) in [5.41, 5.74) is 15.0. The van der Waals surface area contributed by atoms with Gasteiger partial charge in [-0.15, -0.1) is 0 Å². The molecule has 8 aromatic carbocycles. The normalized spacial score (nSPS) is 14.0. The topological polar surface area (TPSA) is 29.3 Å². The van der Waals surface area contributed by atoms with Crippen molar-refractivity contribution in [2.75, 3.05) is 0 Å². The van der Waals surface area contributed by atoms with Gasteiger partial charge in [0.2, 0.25) is 0 Å². The number of fused-ring (bicyclic) bond motifs is 3. The summed E-state index contributed by atoms with van der Waals surface area (Å²) < 4.78 is 2.36. The highest BCUT2D eigenvalue weighted by Crippen LogP contribution is 2.35. The Morgan fingerprint density at radius 2 is 0.818 bits per heavy atom. The Labute approximate surface area is 321 Å². The third-order valence-electron chi connectivity index (χ3n) is 10.6. The molecule has 1 unspecified atom stereocenters. The van der Waals surface area contributed by atoms with Gasteiger partial charge in [0, 0.05) is 27.7 Å². The maximum atomic E-state index is 5.31. The molecule has 1 atom stereocenters. The van der Waals surface area contributed by atoms with Crippen LogP contribution < -0.4 is 5.32 Å². The number of rotatable bonds is 7. The quantitative estimate of drug-likeness (QED) is 0.176. The molecule has 1 aliphatic heterocycles. The summed E-state index contributed by atoms with van der Waals surface area (Å²) in [4.78, 5) is 5.31. The average Bonchev–Trinajstić information content (AvgIpc) is 3.61. The summed E-state index contributed by atoms with van der Waals surface area (Å²) in [6.45, 7) is 0. The van der Waals surface area contributed by atoms with E-state index in [4.69, 9.17) is 4.99 Å². The number of hydrogen-bond donors (Lipinski definition) is 1. The van der Waals surface area contributed by atoms with Crippen molar-refractivity contribution in [2.24, 2.45) is 4.99 Å². The van der Waals surface area contributed by atoms with Crippen LogP contribution in [0.5, 0.6) is 0 Å². The Morgan fingerprint density at radius 3 is 1.40 bits per heavy atom. The van der Waals surface area contributed by atoms with Crippen LogP contribution in [-0.2, 0) is 0 Å². The van der Waals surface area contributed by atoms with E-state index in [1.165, 1.54) is 38.5 Å². The molecule has 55 heavy (non-hydrogen) atoms. The fourth-order valence-electron chi connectivity index (χ4n) is 7.88. The summed E-state index contributed by atoms with van der Waals surface area (Å²) in [6.07, 6.45) is 2.23. The van der Waals surface area contributed by atoms with E-state index >= 15 is 0 Å². The van der Waals surface area contributed by atoms with Crippen LogP contribution in [0.3, 0.4) is 0 Å². The van der Waals surface area contributed by atoms with Gasteiger partial charge in [-0.3, -0.25) is 4.99 Å². The zero-order chi connectivity index (χ0) is 36.6. The van der Waals surface area contributed by atoms with Gasteiger partial charge >= 0.3 is 0 Å². The zero-order valence-electron chi connectivity index (χ0n) is 30.2. The molecule has 3 heteroatoms. The lowest BCUT2D eigenvalue weighted by atomic mass is 9.93. The lowest BCUT2D eigenvalue weighted by molar-refractivity contribution is 0.880. The highest BCUT2D eigenvalue weighted by atomic mass is 15.0. The van der Waals surface area contributed by atoms with Gasteiger partial charge in [-0.1, -0.05) is 164 Å². The predicted octanol–water partition coefficient (Wildman–Crippen LogP) is 12.9. The molecular formula is C52H37N3. The van der Waals surface area contributed by atoms with E-state index < -0.39 is 0 Å². The van der Waals surface area contributed by atoms with Gasteiger partial charge in [0.1, 0.15) is 5.84 Å². The summed E-state index contributed by atoms with van der Waals surface area (Å²) in [7, 11) is 0. The third-order valence-corrected chi connectivity index (χ3v) is 10.6. The lowest BCUT2D eigenvalue weighted by Gasteiger charge is -2.24. The van der Waals surface area contributed by atoms with Crippen molar-refractivity contribution in [2.45, 2.75) is 6.04 Å². The van der Waals surface area contributed by atoms with Crippen molar-refractivity contribution in [3.63, 3.8) is 0 Å². The highest BCUT2D eigenvalue weighted by Gasteiger charge is 2.20. The van der Waals surface area contributed by atoms with Crippen molar-refractivity contribution >= 4 is 33.3 Å². The van der Waals surface area contributed by atoms with Gasteiger partial charge in [-0.25, -0.2) is 0 Å². The average molecular weight is 704 g/mol.